The zero-order valence-corrected chi connectivity index (χ0v) is 11.4. The van der Waals surface area contributed by atoms with Crippen LogP contribution in [0.2, 0.25) is 0 Å². The molecule has 8 heteroatoms. The second-order valence-corrected chi connectivity index (χ2v) is 5.33. The number of aromatic carboxylic acids is 1. The number of benzene rings is 1. The number of hydrogen-bond donors (Lipinski definition) is 1. The number of carboxylic acid groups (broad SMARTS) is 1. The van der Waals surface area contributed by atoms with Crippen molar-refractivity contribution in [1.29, 1.82) is 0 Å². The van der Waals surface area contributed by atoms with Crippen molar-refractivity contribution >= 4 is 33.2 Å². The molecule has 0 spiro atoms. The predicted octanol–water partition coefficient (Wildman–Crippen LogP) is 4.29. The Morgan fingerprint density at radius 1 is 1.32 bits per heavy atom. The van der Waals surface area contributed by atoms with E-state index < -0.39 is 22.7 Å². The van der Waals surface area contributed by atoms with Crippen LogP contribution in [0.5, 0.6) is 0 Å². The van der Waals surface area contributed by atoms with Crippen LogP contribution in [0, 0.1) is 0 Å². The third-order valence-electron chi connectivity index (χ3n) is 2.19. The van der Waals surface area contributed by atoms with E-state index in [0.29, 0.717) is 21.4 Å². The first-order valence-corrected chi connectivity index (χ1v) is 6.48. The lowest BCUT2D eigenvalue weighted by molar-refractivity contribution is -0.141. The Bertz CT molecular complexity index is 639. The zero-order valence-electron chi connectivity index (χ0n) is 9.03. The molecule has 19 heavy (non-hydrogen) atoms. The van der Waals surface area contributed by atoms with Gasteiger partial charge in [-0.1, -0.05) is 34.1 Å². The van der Waals surface area contributed by atoms with Crippen LogP contribution in [0.1, 0.15) is 15.4 Å². The topological polar surface area (TPSA) is 50.2 Å². The van der Waals surface area contributed by atoms with Gasteiger partial charge in [0, 0.05) is 10.0 Å². The number of carbonyl (C=O) groups is 1. The van der Waals surface area contributed by atoms with E-state index in [9.17, 15) is 18.0 Å². The summed E-state index contributed by atoms with van der Waals surface area (Å²) in [5.74, 6) is -1.64. The SMILES string of the molecule is O=C(O)c1sc(-c2ccccc2Br)nc1C(F)(F)F. The molecule has 0 aliphatic heterocycles. The summed E-state index contributed by atoms with van der Waals surface area (Å²) < 4.78 is 38.7. The van der Waals surface area contributed by atoms with Crippen molar-refractivity contribution in [3.63, 3.8) is 0 Å². The first-order valence-electron chi connectivity index (χ1n) is 4.87. The highest BCUT2D eigenvalue weighted by atomic mass is 79.9. The van der Waals surface area contributed by atoms with Crippen molar-refractivity contribution in [1.82, 2.24) is 4.98 Å². The normalized spacial score (nSPS) is 11.6. The highest BCUT2D eigenvalue weighted by Crippen LogP contribution is 2.39. The smallest absolute Gasteiger partial charge is 0.435 e. The number of rotatable bonds is 2. The monoisotopic (exact) mass is 351 g/mol. The largest absolute Gasteiger partial charge is 0.477 e. The van der Waals surface area contributed by atoms with E-state index >= 15 is 0 Å². The molecule has 1 aromatic heterocycles. The number of carboxylic acids is 1. The third kappa shape index (κ3) is 2.79. The number of nitrogens with zero attached hydrogens (tertiary/aromatic N) is 1. The second-order valence-electron chi connectivity index (χ2n) is 3.48. The van der Waals surface area contributed by atoms with E-state index in [2.05, 4.69) is 20.9 Å². The molecule has 1 N–H and O–H groups in total. The number of alkyl halides is 3. The van der Waals surface area contributed by atoms with E-state index in [1.807, 2.05) is 0 Å². The van der Waals surface area contributed by atoms with Crippen LogP contribution in [-0.2, 0) is 6.18 Å². The fraction of sp³-hybridized carbons (Fsp3) is 0.0909. The van der Waals surface area contributed by atoms with Gasteiger partial charge in [0.05, 0.1) is 0 Å². The van der Waals surface area contributed by atoms with Crippen molar-refractivity contribution < 1.29 is 23.1 Å². The van der Waals surface area contributed by atoms with E-state index in [1.54, 1.807) is 24.3 Å². The molecule has 0 aliphatic carbocycles. The average molecular weight is 352 g/mol. The fourth-order valence-electron chi connectivity index (χ4n) is 1.41. The maximum absolute atomic E-state index is 12.7. The summed E-state index contributed by atoms with van der Waals surface area (Å²) in [6.07, 6.45) is -4.79. The predicted molar refractivity (Wildman–Crippen MR) is 67.2 cm³/mol. The van der Waals surface area contributed by atoms with Gasteiger partial charge in [-0.05, 0) is 6.07 Å². The highest BCUT2D eigenvalue weighted by Gasteiger charge is 2.39. The first kappa shape index (κ1) is 14.0. The Morgan fingerprint density at radius 3 is 2.42 bits per heavy atom. The van der Waals surface area contributed by atoms with E-state index in [1.165, 1.54) is 0 Å². The molecule has 0 unspecified atom stereocenters. The van der Waals surface area contributed by atoms with Crippen molar-refractivity contribution in [2.24, 2.45) is 0 Å². The zero-order chi connectivity index (χ0) is 14.2. The van der Waals surface area contributed by atoms with Gasteiger partial charge in [-0.25, -0.2) is 9.78 Å². The highest BCUT2D eigenvalue weighted by molar-refractivity contribution is 9.10. The summed E-state index contributed by atoms with van der Waals surface area (Å²) in [6, 6.07) is 6.54. The minimum Gasteiger partial charge on any atom is -0.477 e. The molecule has 0 radical (unpaired) electrons. The maximum atomic E-state index is 12.7. The lowest BCUT2D eigenvalue weighted by Gasteiger charge is -2.02. The minimum atomic E-state index is -4.79. The summed E-state index contributed by atoms with van der Waals surface area (Å²) in [7, 11) is 0. The molecular formula is C11H5BrF3NO2S. The molecule has 3 nitrogen and oxygen atoms in total. The van der Waals surface area contributed by atoms with E-state index in [0.717, 1.165) is 0 Å². The molecule has 0 amide bonds. The van der Waals surface area contributed by atoms with E-state index in [4.69, 9.17) is 5.11 Å². The fourth-order valence-corrected chi connectivity index (χ4v) is 2.97. The van der Waals surface area contributed by atoms with Gasteiger partial charge in [-0.2, -0.15) is 13.2 Å². The molecule has 0 saturated carbocycles. The molecule has 0 bridgehead atoms. The summed E-state index contributed by atoms with van der Waals surface area (Å²) in [5, 5.41) is 8.83. The second kappa shape index (κ2) is 4.93. The summed E-state index contributed by atoms with van der Waals surface area (Å²) >= 11 is 3.69. The first-order chi connectivity index (χ1) is 8.80. The molecule has 2 aromatic rings. The molecule has 100 valence electrons. The Balaban J connectivity index is 2.62. The van der Waals surface area contributed by atoms with Crippen LogP contribution in [0.15, 0.2) is 28.7 Å². The van der Waals surface area contributed by atoms with Gasteiger partial charge in [0.25, 0.3) is 0 Å². The van der Waals surface area contributed by atoms with Crippen LogP contribution in [-0.4, -0.2) is 16.1 Å². The standard InChI is InChI=1S/C11H5BrF3NO2S/c12-6-4-2-1-3-5(6)9-16-8(11(13,14)15)7(19-9)10(17)18/h1-4H,(H,17,18). The molecule has 0 atom stereocenters. The van der Waals surface area contributed by atoms with Gasteiger partial charge >= 0.3 is 12.1 Å². The number of hydrogen-bond acceptors (Lipinski definition) is 3. The van der Waals surface area contributed by atoms with Gasteiger partial charge in [0.15, 0.2) is 5.69 Å². The molecule has 0 saturated heterocycles. The van der Waals surface area contributed by atoms with Gasteiger partial charge in [-0.15, -0.1) is 11.3 Å². The van der Waals surface area contributed by atoms with Crippen molar-refractivity contribution in [2.75, 3.05) is 0 Å². The van der Waals surface area contributed by atoms with Crippen LogP contribution in [0.3, 0.4) is 0 Å². The lowest BCUT2D eigenvalue weighted by Crippen LogP contribution is -2.11. The number of aromatic nitrogens is 1. The van der Waals surface area contributed by atoms with Crippen molar-refractivity contribution in [3.8, 4) is 10.6 Å². The minimum absolute atomic E-state index is 0.0113. The van der Waals surface area contributed by atoms with E-state index in [-0.39, 0.29) is 5.01 Å². The Kier molecular flexibility index (Phi) is 3.64. The lowest BCUT2D eigenvalue weighted by atomic mass is 10.2. The molecule has 2 rings (SSSR count). The summed E-state index contributed by atoms with van der Waals surface area (Å²) in [6.45, 7) is 0. The quantitative estimate of drug-likeness (QED) is 0.877. The average Bonchev–Trinajstić information content (AvgIpc) is 2.74. The molecule has 0 aliphatic rings. The van der Waals surface area contributed by atoms with Gasteiger partial charge in [0.1, 0.15) is 9.88 Å². The molecule has 1 aromatic carbocycles. The Morgan fingerprint density at radius 2 is 1.95 bits per heavy atom. The molecule has 0 fully saturated rings. The van der Waals surface area contributed by atoms with Gasteiger partial charge in [-0.3, -0.25) is 0 Å². The van der Waals surface area contributed by atoms with Crippen molar-refractivity contribution in [2.45, 2.75) is 6.18 Å². The third-order valence-corrected chi connectivity index (χ3v) is 3.96. The Labute approximate surface area is 117 Å². The van der Waals surface area contributed by atoms with Crippen LogP contribution in [0.4, 0.5) is 13.2 Å². The molecule has 1 heterocycles. The summed E-state index contributed by atoms with van der Waals surface area (Å²) in [5.41, 5.74) is -0.943. The van der Waals surface area contributed by atoms with Crippen molar-refractivity contribution in [3.05, 3.63) is 39.3 Å². The maximum Gasteiger partial charge on any atom is 0.435 e. The molecular weight excluding hydrogens is 347 g/mol. The Hall–Kier alpha value is -1.41. The number of halogens is 4. The van der Waals surface area contributed by atoms with Gasteiger partial charge < -0.3 is 5.11 Å². The number of thiazole rings is 1. The van der Waals surface area contributed by atoms with Crippen LogP contribution >= 0.6 is 27.3 Å². The van der Waals surface area contributed by atoms with Crippen LogP contribution in [0.25, 0.3) is 10.6 Å². The summed E-state index contributed by atoms with van der Waals surface area (Å²) in [4.78, 5) is 13.5. The van der Waals surface area contributed by atoms with Crippen LogP contribution < -0.4 is 0 Å². The van der Waals surface area contributed by atoms with Gasteiger partial charge in [0.2, 0.25) is 0 Å².